The lowest BCUT2D eigenvalue weighted by atomic mass is 9.96. The van der Waals surface area contributed by atoms with Crippen molar-refractivity contribution in [1.29, 1.82) is 0 Å². The number of fused-ring (bicyclic) bond motifs is 1. The van der Waals surface area contributed by atoms with Gasteiger partial charge in [0.15, 0.2) is 10.8 Å². The number of carbonyl (C=O) groups excluding carboxylic acids is 1. The summed E-state index contributed by atoms with van der Waals surface area (Å²) in [7, 11) is 0. The number of aromatic nitrogens is 4. The summed E-state index contributed by atoms with van der Waals surface area (Å²) < 4.78 is 2.54. The molecule has 4 heterocycles. The zero-order valence-corrected chi connectivity index (χ0v) is 16.7. The minimum atomic E-state index is -0.125. The summed E-state index contributed by atoms with van der Waals surface area (Å²) >= 11 is 15.6. The van der Waals surface area contributed by atoms with Crippen molar-refractivity contribution in [2.24, 2.45) is 0 Å². The molecule has 1 aliphatic heterocycles. The highest BCUT2D eigenvalue weighted by molar-refractivity contribution is 9.10. The number of likely N-dealkylation sites (tertiary alicyclic amines) is 1. The second-order valence-electron chi connectivity index (χ2n) is 6.15. The van der Waals surface area contributed by atoms with Crippen LogP contribution in [0.25, 0.3) is 5.65 Å². The van der Waals surface area contributed by atoms with Crippen LogP contribution in [0.1, 0.15) is 35.1 Å². The Morgan fingerprint density at radius 1 is 1.19 bits per heavy atom. The average Bonchev–Trinajstić information content (AvgIpc) is 2.96. The Hall–Kier alpha value is -1.70. The van der Waals surface area contributed by atoms with Gasteiger partial charge >= 0.3 is 0 Å². The van der Waals surface area contributed by atoms with Crippen molar-refractivity contribution in [3.05, 3.63) is 56.9 Å². The normalized spacial score (nSPS) is 15.6. The molecule has 0 spiro atoms. The Labute approximate surface area is 168 Å². The number of piperidine rings is 1. The number of imidazole rings is 1. The molecule has 6 nitrogen and oxygen atoms in total. The topological polar surface area (TPSA) is 63.4 Å². The summed E-state index contributed by atoms with van der Waals surface area (Å²) in [6.07, 6.45) is 6.85. The lowest BCUT2D eigenvalue weighted by Gasteiger charge is -2.31. The van der Waals surface area contributed by atoms with E-state index in [0.717, 1.165) is 23.1 Å². The Kier molecular flexibility index (Phi) is 4.86. The Bertz CT molecular complexity index is 967. The quantitative estimate of drug-likeness (QED) is 0.581. The van der Waals surface area contributed by atoms with E-state index in [4.69, 9.17) is 23.2 Å². The van der Waals surface area contributed by atoms with Gasteiger partial charge in [-0.25, -0.2) is 15.0 Å². The Morgan fingerprint density at radius 2 is 1.88 bits per heavy atom. The maximum absolute atomic E-state index is 13.0. The van der Waals surface area contributed by atoms with Gasteiger partial charge in [0, 0.05) is 48.7 Å². The van der Waals surface area contributed by atoms with Gasteiger partial charge in [-0.15, -0.1) is 0 Å². The van der Waals surface area contributed by atoms with Crippen LogP contribution in [0.4, 0.5) is 0 Å². The maximum Gasteiger partial charge on any atom is 0.274 e. The van der Waals surface area contributed by atoms with Crippen molar-refractivity contribution in [2.75, 3.05) is 13.1 Å². The Balaban J connectivity index is 1.52. The van der Waals surface area contributed by atoms with Crippen molar-refractivity contribution in [3.63, 3.8) is 0 Å². The van der Waals surface area contributed by atoms with Crippen LogP contribution in [-0.2, 0) is 0 Å². The predicted molar refractivity (Wildman–Crippen MR) is 103 cm³/mol. The highest BCUT2D eigenvalue weighted by Gasteiger charge is 2.29. The molecule has 4 rings (SSSR count). The molecular weight excluding hydrogens is 441 g/mol. The fraction of sp³-hybridized carbons (Fsp3) is 0.294. The standard InChI is InChI=1S/C17H14BrCl2N5O/c18-11-8-21-16(22-9-11)10-1-4-24(5-2-10)17(26)14-15(20)23-13-7-12(19)3-6-25(13)14/h3,6-10H,1-2,4-5H2. The molecule has 0 unspecified atom stereocenters. The zero-order valence-electron chi connectivity index (χ0n) is 13.6. The van der Waals surface area contributed by atoms with E-state index >= 15 is 0 Å². The number of pyridine rings is 1. The van der Waals surface area contributed by atoms with Crippen molar-refractivity contribution >= 4 is 50.7 Å². The van der Waals surface area contributed by atoms with Gasteiger partial charge in [-0.2, -0.15) is 0 Å². The molecule has 1 aliphatic rings. The number of carbonyl (C=O) groups is 1. The number of amides is 1. The van der Waals surface area contributed by atoms with Crippen LogP contribution in [0.3, 0.4) is 0 Å². The fourth-order valence-electron chi connectivity index (χ4n) is 3.21. The van der Waals surface area contributed by atoms with Crippen LogP contribution in [0.2, 0.25) is 10.2 Å². The first-order valence-electron chi connectivity index (χ1n) is 8.13. The summed E-state index contributed by atoms with van der Waals surface area (Å²) in [5, 5.41) is 0.740. The van der Waals surface area contributed by atoms with Crippen molar-refractivity contribution < 1.29 is 4.79 Å². The SMILES string of the molecule is O=C(c1c(Cl)nc2cc(Cl)ccn12)N1CCC(c2ncc(Br)cn2)CC1. The zero-order chi connectivity index (χ0) is 18.3. The van der Waals surface area contributed by atoms with E-state index in [1.54, 1.807) is 40.0 Å². The first kappa shape index (κ1) is 17.7. The molecule has 1 saturated heterocycles. The lowest BCUT2D eigenvalue weighted by molar-refractivity contribution is 0.0704. The molecule has 0 bridgehead atoms. The molecule has 3 aromatic heterocycles. The lowest BCUT2D eigenvalue weighted by Crippen LogP contribution is -2.38. The van der Waals surface area contributed by atoms with Gasteiger partial charge < -0.3 is 4.90 Å². The van der Waals surface area contributed by atoms with Gasteiger partial charge in [0.25, 0.3) is 5.91 Å². The van der Waals surface area contributed by atoms with Crippen molar-refractivity contribution in [3.8, 4) is 0 Å². The predicted octanol–water partition coefficient (Wildman–Crippen LogP) is 4.21. The van der Waals surface area contributed by atoms with Crippen LogP contribution in [0.5, 0.6) is 0 Å². The second-order valence-corrected chi connectivity index (χ2v) is 7.86. The van der Waals surface area contributed by atoms with E-state index in [1.165, 1.54) is 0 Å². The molecule has 0 atom stereocenters. The second kappa shape index (κ2) is 7.13. The van der Waals surface area contributed by atoms with Crippen molar-refractivity contribution in [2.45, 2.75) is 18.8 Å². The minimum absolute atomic E-state index is 0.125. The number of nitrogens with zero attached hydrogens (tertiary/aromatic N) is 5. The van der Waals surface area contributed by atoms with E-state index < -0.39 is 0 Å². The largest absolute Gasteiger partial charge is 0.337 e. The third kappa shape index (κ3) is 3.31. The molecule has 1 fully saturated rings. The van der Waals surface area contributed by atoms with E-state index in [9.17, 15) is 4.79 Å². The van der Waals surface area contributed by atoms with Gasteiger partial charge in [0.2, 0.25) is 0 Å². The fourth-order valence-corrected chi connectivity index (χ4v) is 3.82. The Morgan fingerprint density at radius 3 is 2.58 bits per heavy atom. The third-order valence-corrected chi connectivity index (χ3v) is 5.44. The smallest absolute Gasteiger partial charge is 0.274 e. The molecule has 26 heavy (non-hydrogen) atoms. The summed E-state index contributed by atoms with van der Waals surface area (Å²) in [6, 6.07) is 3.39. The molecule has 0 N–H and O–H groups in total. The van der Waals surface area contributed by atoms with E-state index in [2.05, 4.69) is 30.9 Å². The third-order valence-electron chi connectivity index (χ3n) is 4.54. The highest BCUT2D eigenvalue weighted by Crippen LogP contribution is 2.28. The monoisotopic (exact) mass is 453 g/mol. The molecule has 0 radical (unpaired) electrons. The summed E-state index contributed by atoms with van der Waals surface area (Å²) in [5.74, 6) is 0.950. The minimum Gasteiger partial charge on any atom is -0.337 e. The molecule has 3 aromatic rings. The van der Waals surface area contributed by atoms with Crippen molar-refractivity contribution in [1.82, 2.24) is 24.3 Å². The van der Waals surface area contributed by atoms with Crippen LogP contribution in [0, 0.1) is 0 Å². The van der Waals surface area contributed by atoms with E-state index in [-0.39, 0.29) is 17.0 Å². The van der Waals surface area contributed by atoms with Gasteiger partial charge in [0.05, 0.1) is 4.47 Å². The first-order valence-corrected chi connectivity index (χ1v) is 9.67. The number of hydrogen-bond acceptors (Lipinski definition) is 4. The number of hydrogen-bond donors (Lipinski definition) is 0. The highest BCUT2D eigenvalue weighted by atomic mass is 79.9. The number of rotatable bonds is 2. The molecule has 134 valence electrons. The first-order chi connectivity index (χ1) is 12.5. The van der Waals surface area contributed by atoms with Crippen LogP contribution in [-0.4, -0.2) is 43.2 Å². The average molecular weight is 455 g/mol. The molecule has 0 aromatic carbocycles. The summed E-state index contributed by atoms with van der Waals surface area (Å²) in [5.41, 5.74) is 0.931. The maximum atomic E-state index is 13.0. The molecule has 1 amide bonds. The van der Waals surface area contributed by atoms with E-state index in [0.29, 0.717) is 29.5 Å². The van der Waals surface area contributed by atoms with E-state index in [1.807, 2.05) is 0 Å². The summed E-state index contributed by atoms with van der Waals surface area (Å²) in [4.78, 5) is 27.8. The molecule has 0 aliphatic carbocycles. The molecule has 9 heteroatoms. The van der Waals surface area contributed by atoms with Crippen LogP contribution >= 0.6 is 39.1 Å². The van der Waals surface area contributed by atoms with Gasteiger partial charge in [-0.3, -0.25) is 9.20 Å². The van der Waals surface area contributed by atoms with Gasteiger partial charge in [0.1, 0.15) is 11.5 Å². The summed E-state index contributed by atoms with van der Waals surface area (Å²) in [6.45, 7) is 1.25. The van der Waals surface area contributed by atoms with Gasteiger partial charge in [-0.05, 0) is 34.8 Å². The van der Waals surface area contributed by atoms with Crippen LogP contribution < -0.4 is 0 Å². The van der Waals surface area contributed by atoms with Crippen LogP contribution in [0.15, 0.2) is 35.2 Å². The molecule has 0 saturated carbocycles. The van der Waals surface area contributed by atoms with Gasteiger partial charge in [-0.1, -0.05) is 23.2 Å². The molecular formula is C17H14BrCl2N5O. The number of halogens is 3.